The molecule has 5 rings (SSSR count). The van der Waals surface area contributed by atoms with E-state index in [1.165, 1.54) is 17.9 Å². The van der Waals surface area contributed by atoms with E-state index < -0.39 is 23.6 Å². The molecule has 14 nitrogen and oxygen atoms in total. The highest BCUT2D eigenvalue weighted by Crippen LogP contribution is 2.38. The lowest BCUT2D eigenvalue weighted by atomic mass is 9.92. The number of esters is 2. The Hall–Kier alpha value is -5.60. The van der Waals surface area contributed by atoms with Crippen molar-refractivity contribution < 1.29 is 28.5 Å². The molecule has 5 aromatic rings. The summed E-state index contributed by atoms with van der Waals surface area (Å²) < 4.78 is 25.0. The Labute approximate surface area is 335 Å². The summed E-state index contributed by atoms with van der Waals surface area (Å²) in [5.74, 6) is -0.481. The summed E-state index contributed by atoms with van der Waals surface area (Å²) in [6.45, 7) is 11.1. The number of nitrogens with one attached hydrogen (secondary N) is 2. The van der Waals surface area contributed by atoms with Gasteiger partial charge in [0.1, 0.15) is 28.6 Å². The fourth-order valence-corrected chi connectivity index (χ4v) is 6.31. The van der Waals surface area contributed by atoms with Gasteiger partial charge < -0.3 is 34.1 Å². The molecule has 296 valence electrons. The average molecular weight is 807 g/mol. The Morgan fingerprint density at radius 3 is 2.29 bits per heavy atom. The van der Waals surface area contributed by atoms with Crippen LogP contribution in [0.3, 0.4) is 0 Å². The van der Waals surface area contributed by atoms with Gasteiger partial charge >= 0.3 is 11.9 Å². The molecule has 56 heavy (non-hydrogen) atoms. The summed E-state index contributed by atoms with van der Waals surface area (Å²) >= 11 is 12.9. The van der Waals surface area contributed by atoms with Crippen LogP contribution in [-0.4, -0.2) is 69.2 Å². The molecule has 1 atom stereocenters. The second-order valence-electron chi connectivity index (χ2n) is 13.9. The van der Waals surface area contributed by atoms with E-state index in [4.69, 9.17) is 47.2 Å². The first-order valence-electron chi connectivity index (χ1n) is 17.8. The smallest absolute Gasteiger partial charge is 0.359 e. The summed E-state index contributed by atoms with van der Waals surface area (Å²) in [4.78, 5) is 48.4. The fourth-order valence-electron chi connectivity index (χ4n) is 5.95. The minimum Gasteiger partial charge on any atom is -0.497 e. The average Bonchev–Trinajstić information content (AvgIpc) is 3.56. The van der Waals surface area contributed by atoms with Gasteiger partial charge in [-0.2, -0.15) is 10.1 Å². The normalized spacial score (nSPS) is 11.9. The lowest BCUT2D eigenvalue weighted by molar-refractivity contribution is -0.152. The number of anilines is 2. The van der Waals surface area contributed by atoms with E-state index in [2.05, 4.69) is 20.6 Å². The molecular weight excluding hydrogens is 761 g/mol. The van der Waals surface area contributed by atoms with Gasteiger partial charge in [-0.05, 0) is 75.1 Å². The van der Waals surface area contributed by atoms with Gasteiger partial charge in [-0.15, -0.1) is 0 Å². The number of hydrogen-bond donors (Lipinski definition) is 2. The Bertz CT molecular complexity index is 2230. The second kappa shape index (κ2) is 17.9. The van der Waals surface area contributed by atoms with Crippen LogP contribution in [0.5, 0.6) is 11.6 Å². The number of benzene rings is 2. The first-order valence-corrected chi connectivity index (χ1v) is 18.6. The van der Waals surface area contributed by atoms with Gasteiger partial charge in [0.05, 0.1) is 51.0 Å². The number of methoxy groups -OCH3 is 2. The van der Waals surface area contributed by atoms with Crippen molar-refractivity contribution in [2.75, 3.05) is 38.0 Å². The van der Waals surface area contributed by atoms with Crippen molar-refractivity contribution in [3.05, 3.63) is 115 Å². The van der Waals surface area contributed by atoms with Gasteiger partial charge in [-0.25, -0.2) is 14.5 Å². The van der Waals surface area contributed by atoms with Gasteiger partial charge in [0.2, 0.25) is 11.8 Å². The maximum absolute atomic E-state index is 13.8. The molecule has 16 heteroatoms. The third-order valence-electron chi connectivity index (χ3n) is 8.30. The highest BCUT2D eigenvalue weighted by atomic mass is 35.5. The van der Waals surface area contributed by atoms with Gasteiger partial charge in [-0.3, -0.25) is 9.59 Å². The zero-order valence-corrected chi connectivity index (χ0v) is 34.0. The maximum Gasteiger partial charge on any atom is 0.359 e. The number of pyridine rings is 1. The van der Waals surface area contributed by atoms with E-state index in [1.54, 1.807) is 63.9 Å². The lowest BCUT2D eigenvalue weighted by Gasteiger charge is -2.24. The van der Waals surface area contributed by atoms with E-state index in [9.17, 15) is 14.4 Å². The third kappa shape index (κ3) is 9.98. The van der Waals surface area contributed by atoms with Crippen molar-refractivity contribution in [3.63, 3.8) is 0 Å². The van der Waals surface area contributed by atoms with Crippen LogP contribution in [0.25, 0.3) is 5.69 Å². The number of ether oxygens (including phenoxy) is 4. The highest BCUT2D eigenvalue weighted by molar-refractivity contribution is 6.30. The number of carbonyl (C=O) groups excluding carboxylic acids is 2. The van der Waals surface area contributed by atoms with Crippen LogP contribution in [0.15, 0.2) is 71.8 Å². The quantitative estimate of drug-likeness (QED) is 0.101. The number of nitrogens with zero attached hydrogens (tertiary/aromatic N) is 5. The first kappa shape index (κ1) is 41.6. The molecule has 0 bridgehead atoms. The van der Waals surface area contributed by atoms with Gasteiger partial charge in [0, 0.05) is 16.8 Å². The molecular formula is C40H45Cl2N7O7. The van der Waals surface area contributed by atoms with Crippen LogP contribution in [0, 0.1) is 0 Å². The molecule has 1 unspecified atom stereocenters. The summed E-state index contributed by atoms with van der Waals surface area (Å²) in [5.41, 5.74) is 2.45. The molecule has 2 aromatic carbocycles. The summed E-state index contributed by atoms with van der Waals surface area (Å²) in [5, 5.41) is 11.7. The largest absolute Gasteiger partial charge is 0.497 e. The minimum absolute atomic E-state index is 0.00832. The van der Waals surface area contributed by atoms with Crippen LogP contribution in [0.4, 0.5) is 11.6 Å². The van der Waals surface area contributed by atoms with Crippen molar-refractivity contribution in [3.8, 4) is 17.3 Å². The van der Waals surface area contributed by atoms with Crippen molar-refractivity contribution in [1.82, 2.24) is 24.3 Å². The number of halogens is 2. The molecule has 2 N–H and O–H groups in total. The molecule has 0 aliphatic carbocycles. The zero-order chi connectivity index (χ0) is 40.7. The van der Waals surface area contributed by atoms with Crippen LogP contribution in [-0.2, 0) is 20.8 Å². The van der Waals surface area contributed by atoms with Crippen LogP contribution in [0.2, 0.25) is 10.0 Å². The van der Waals surface area contributed by atoms with E-state index in [1.807, 2.05) is 50.2 Å². The van der Waals surface area contributed by atoms with Crippen molar-refractivity contribution in [2.24, 2.45) is 0 Å². The minimum atomic E-state index is -0.762. The van der Waals surface area contributed by atoms with Crippen LogP contribution < -0.4 is 25.7 Å². The molecule has 0 fully saturated rings. The van der Waals surface area contributed by atoms with Gasteiger partial charge in [-0.1, -0.05) is 61.3 Å². The van der Waals surface area contributed by atoms with Gasteiger partial charge in [0.15, 0.2) is 5.69 Å². The lowest BCUT2D eigenvalue weighted by Crippen LogP contribution is -2.28. The molecule has 0 aliphatic rings. The number of hydrogen-bond acceptors (Lipinski definition) is 12. The van der Waals surface area contributed by atoms with Crippen molar-refractivity contribution >= 4 is 46.8 Å². The summed E-state index contributed by atoms with van der Waals surface area (Å²) in [6, 6.07) is 15.3. The molecule has 3 aromatic heterocycles. The maximum atomic E-state index is 13.8. The number of rotatable bonds is 15. The number of aromatic nitrogens is 5. The van der Waals surface area contributed by atoms with Crippen molar-refractivity contribution in [1.29, 1.82) is 0 Å². The first-order chi connectivity index (χ1) is 26.6. The Morgan fingerprint density at radius 2 is 1.68 bits per heavy atom. The Kier molecular flexibility index (Phi) is 13.3. The monoisotopic (exact) mass is 805 g/mol. The fraction of sp³-hybridized carbons (Fsp3) is 0.350. The molecule has 0 amide bonds. The molecule has 3 heterocycles. The van der Waals surface area contributed by atoms with E-state index in [0.717, 1.165) is 11.1 Å². The number of carbonyl (C=O) groups is 2. The summed E-state index contributed by atoms with van der Waals surface area (Å²) in [6.07, 6.45) is 3.16. The Balaban J connectivity index is 1.65. The molecule has 0 spiro atoms. The van der Waals surface area contributed by atoms with Crippen LogP contribution in [0.1, 0.15) is 86.4 Å². The molecule has 0 saturated heterocycles. The summed E-state index contributed by atoms with van der Waals surface area (Å²) in [7, 11) is 3.03. The zero-order valence-electron chi connectivity index (χ0n) is 32.5. The van der Waals surface area contributed by atoms with Crippen LogP contribution >= 0.6 is 23.2 Å². The van der Waals surface area contributed by atoms with E-state index >= 15 is 0 Å². The molecule has 0 saturated carbocycles. The molecule has 0 aliphatic heterocycles. The van der Waals surface area contributed by atoms with Gasteiger partial charge in [0.25, 0.3) is 5.56 Å². The molecule has 0 radical (unpaired) electrons. The van der Waals surface area contributed by atoms with E-state index in [-0.39, 0.29) is 53.7 Å². The highest BCUT2D eigenvalue weighted by Gasteiger charge is 2.34. The topological polar surface area (TPSA) is 161 Å². The predicted molar refractivity (Wildman–Crippen MR) is 215 cm³/mol. The SMILES string of the molecule is CCOC(=O)c1nn(-c2cnc(NCC(=O)OC(C)(C)C)nc2OC)c(C(C)C)c1C(Nc1cc(Cl)c(=O)n(Cc2ccc(OC)cc2)c1)c1ccc(Cl)cc1. The van der Waals surface area contributed by atoms with Crippen molar-refractivity contribution in [2.45, 2.75) is 65.6 Å². The Morgan fingerprint density at radius 1 is 0.982 bits per heavy atom. The predicted octanol–water partition coefficient (Wildman–Crippen LogP) is 7.45. The standard InChI is InChI=1S/C40H45Cl2N7O7/c1-9-55-38(52)34-32(35(23(2)3)49(47-34)30-19-43-39(46-36(30)54-8)44-20-31(50)56-40(4,5)6)33(25-12-14-26(41)15-13-25)45-27-18-29(42)37(51)48(22-27)21-24-10-16-28(53-7)17-11-24/h10-19,22-23,33,45H,9,20-21H2,1-8H3,(H,43,44,46). The van der Waals surface area contributed by atoms with E-state index in [0.29, 0.717) is 33.4 Å². The third-order valence-corrected chi connectivity index (χ3v) is 8.82. The second-order valence-corrected chi connectivity index (χ2v) is 14.8.